The first-order chi connectivity index (χ1) is 9.26. The van der Waals surface area contributed by atoms with Gasteiger partial charge in [0, 0.05) is 21.8 Å². The van der Waals surface area contributed by atoms with Gasteiger partial charge in [0.2, 0.25) is 0 Å². The summed E-state index contributed by atoms with van der Waals surface area (Å²) in [4.78, 5) is 2.71. The maximum Gasteiger partial charge on any atom is 0.0815 e. The molecule has 2 aromatic heterocycles. The Bertz CT molecular complexity index is 593. The zero-order valence-electron chi connectivity index (χ0n) is 12.7. The molecule has 1 N–H and O–H groups in total. The molecular formula is C15H22ClN3S. The van der Waals surface area contributed by atoms with Crippen molar-refractivity contribution in [3.63, 3.8) is 0 Å². The third kappa shape index (κ3) is 3.84. The molecule has 20 heavy (non-hydrogen) atoms. The minimum absolute atomic E-state index is 0.143. The SMILES string of the molecule is Cc1sc(CNC(C)(C)C)cc1Cn1ncc(Cl)c1C. The van der Waals surface area contributed by atoms with E-state index in [0.29, 0.717) is 0 Å². The van der Waals surface area contributed by atoms with Crippen LogP contribution in [-0.4, -0.2) is 15.3 Å². The Hall–Kier alpha value is -0.840. The fourth-order valence-corrected chi connectivity index (χ4v) is 3.06. The number of rotatable bonds is 4. The minimum atomic E-state index is 0.143. The molecule has 0 saturated carbocycles. The molecule has 0 saturated heterocycles. The standard InChI is InChI=1S/C15H22ClN3S/c1-10-14(16)8-18-19(10)9-12-6-13(20-11(12)2)7-17-15(3,4)5/h6,8,17H,7,9H2,1-5H3. The fourth-order valence-electron chi connectivity index (χ4n) is 1.93. The van der Waals surface area contributed by atoms with E-state index < -0.39 is 0 Å². The van der Waals surface area contributed by atoms with Crippen LogP contribution in [0, 0.1) is 13.8 Å². The molecule has 110 valence electrons. The fraction of sp³-hybridized carbons (Fsp3) is 0.533. The van der Waals surface area contributed by atoms with Gasteiger partial charge >= 0.3 is 0 Å². The van der Waals surface area contributed by atoms with Crippen LogP contribution in [0.15, 0.2) is 12.3 Å². The number of hydrogen-bond donors (Lipinski definition) is 1. The maximum absolute atomic E-state index is 6.05. The number of hydrogen-bond acceptors (Lipinski definition) is 3. The Morgan fingerprint density at radius 1 is 1.35 bits per heavy atom. The van der Waals surface area contributed by atoms with E-state index in [2.05, 4.69) is 44.2 Å². The molecule has 3 nitrogen and oxygen atoms in total. The zero-order chi connectivity index (χ0) is 14.9. The first kappa shape index (κ1) is 15.5. The summed E-state index contributed by atoms with van der Waals surface area (Å²) in [7, 11) is 0. The van der Waals surface area contributed by atoms with Crippen LogP contribution in [0.2, 0.25) is 5.02 Å². The van der Waals surface area contributed by atoms with Gasteiger partial charge in [-0.15, -0.1) is 11.3 Å². The predicted octanol–water partition coefficient (Wildman–Crippen LogP) is 4.15. The lowest BCUT2D eigenvalue weighted by Crippen LogP contribution is -2.34. The molecule has 2 aromatic rings. The van der Waals surface area contributed by atoms with E-state index >= 15 is 0 Å². The molecule has 0 aliphatic heterocycles. The average Bonchev–Trinajstić information content (AvgIpc) is 2.84. The molecule has 0 aliphatic carbocycles. The van der Waals surface area contributed by atoms with Crippen LogP contribution in [0.5, 0.6) is 0 Å². The van der Waals surface area contributed by atoms with E-state index in [9.17, 15) is 0 Å². The average molecular weight is 312 g/mol. The molecule has 0 bridgehead atoms. The highest BCUT2D eigenvalue weighted by molar-refractivity contribution is 7.12. The van der Waals surface area contributed by atoms with Crippen LogP contribution >= 0.6 is 22.9 Å². The number of thiophene rings is 1. The Morgan fingerprint density at radius 2 is 2.05 bits per heavy atom. The van der Waals surface area contributed by atoms with Gasteiger partial charge in [-0.25, -0.2) is 0 Å². The van der Waals surface area contributed by atoms with Crippen molar-refractivity contribution in [2.24, 2.45) is 0 Å². The van der Waals surface area contributed by atoms with Crippen molar-refractivity contribution in [2.75, 3.05) is 0 Å². The Balaban J connectivity index is 2.10. The van der Waals surface area contributed by atoms with Crippen LogP contribution in [-0.2, 0) is 13.1 Å². The zero-order valence-corrected chi connectivity index (χ0v) is 14.3. The monoisotopic (exact) mass is 311 g/mol. The summed E-state index contributed by atoms with van der Waals surface area (Å²) in [6.45, 7) is 12.4. The highest BCUT2D eigenvalue weighted by atomic mass is 35.5. The normalized spacial score (nSPS) is 12.1. The second-order valence-electron chi connectivity index (χ2n) is 6.13. The lowest BCUT2D eigenvalue weighted by Gasteiger charge is -2.19. The Labute approximate surface area is 130 Å². The van der Waals surface area contributed by atoms with Gasteiger partial charge < -0.3 is 5.32 Å². The van der Waals surface area contributed by atoms with Gasteiger partial charge in [0.05, 0.1) is 23.5 Å². The second kappa shape index (κ2) is 5.88. The first-order valence-corrected chi connectivity index (χ1v) is 7.97. The highest BCUT2D eigenvalue weighted by Gasteiger charge is 2.12. The van der Waals surface area contributed by atoms with Gasteiger partial charge in [-0.05, 0) is 46.2 Å². The van der Waals surface area contributed by atoms with Gasteiger partial charge in [-0.2, -0.15) is 5.10 Å². The molecular weight excluding hydrogens is 290 g/mol. The van der Waals surface area contributed by atoms with Crippen LogP contribution in [0.3, 0.4) is 0 Å². The van der Waals surface area contributed by atoms with E-state index in [4.69, 9.17) is 11.6 Å². The Morgan fingerprint density at radius 3 is 2.60 bits per heavy atom. The summed E-state index contributed by atoms with van der Waals surface area (Å²) in [5.74, 6) is 0. The van der Waals surface area contributed by atoms with E-state index in [0.717, 1.165) is 23.8 Å². The first-order valence-electron chi connectivity index (χ1n) is 6.77. The number of nitrogens with zero attached hydrogens (tertiary/aromatic N) is 2. The van der Waals surface area contributed by atoms with Crippen molar-refractivity contribution in [1.29, 1.82) is 0 Å². The second-order valence-corrected chi connectivity index (χ2v) is 7.88. The molecule has 5 heteroatoms. The third-order valence-corrected chi connectivity index (χ3v) is 4.69. The third-order valence-electron chi connectivity index (χ3n) is 3.23. The number of aryl methyl sites for hydroxylation is 1. The number of halogens is 1. The van der Waals surface area contributed by atoms with E-state index in [1.807, 2.05) is 22.9 Å². The van der Waals surface area contributed by atoms with Gasteiger partial charge in [0.15, 0.2) is 0 Å². The van der Waals surface area contributed by atoms with Gasteiger partial charge in [-0.1, -0.05) is 11.6 Å². The van der Waals surface area contributed by atoms with Crippen molar-refractivity contribution in [3.05, 3.63) is 38.3 Å². The lowest BCUT2D eigenvalue weighted by atomic mass is 10.1. The van der Waals surface area contributed by atoms with Crippen molar-refractivity contribution in [2.45, 2.75) is 53.2 Å². The molecule has 0 atom stereocenters. The summed E-state index contributed by atoms with van der Waals surface area (Å²) in [5, 5.41) is 8.57. The van der Waals surface area contributed by atoms with Crippen molar-refractivity contribution in [1.82, 2.24) is 15.1 Å². The lowest BCUT2D eigenvalue weighted by molar-refractivity contribution is 0.426. The minimum Gasteiger partial charge on any atom is -0.307 e. The van der Waals surface area contributed by atoms with Crippen molar-refractivity contribution < 1.29 is 0 Å². The summed E-state index contributed by atoms with van der Waals surface area (Å²) in [6.07, 6.45) is 1.71. The number of nitrogens with one attached hydrogen (secondary N) is 1. The summed E-state index contributed by atoms with van der Waals surface area (Å²) >= 11 is 7.90. The van der Waals surface area contributed by atoms with E-state index in [-0.39, 0.29) is 5.54 Å². The van der Waals surface area contributed by atoms with E-state index in [1.54, 1.807) is 6.20 Å². The van der Waals surface area contributed by atoms with Gasteiger partial charge in [0.25, 0.3) is 0 Å². The molecule has 0 unspecified atom stereocenters. The summed E-state index contributed by atoms with van der Waals surface area (Å²) in [5.41, 5.74) is 2.49. The topological polar surface area (TPSA) is 29.9 Å². The highest BCUT2D eigenvalue weighted by Crippen LogP contribution is 2.24. The molecule has 0 aromatic carbocycles. The molecule has 0 spiro atoms. The molecule has 0 amide bonds. The van der Waals surface area contributed by atoms with Crippen LogP contribution in [0.1, 0.15) is 41.8 Å². The van der Waals surface area contributed by atoms with Crippen LogP contribution in [0.4, 0.5) is 0 Å². The molecule has 0 aliphatic rings. The summed E-state index contributed by atoms with van der Waals surface area (Å²) in [6, 6.07) is 2.27. The Kier molecular flexibility index (Phi) is 4.57. The molecule has 2 heterocycles. The molecule has 0 radical (unpaired) electrons. The van der Waals surface area contributed by atoms with Crippen molar-refractivity contribution >= 4 is 22.9 Å². The quantitative estimate of drug-likeness (QED) is 0.919. The summed E-state index contributed by atoms with van der Waals surface area (Å²) < 4.78 is 1.96. The molecule has 0 fully saturated rings. The van der Waals surface area contributed by atoms with Crippen molar-refractivity contribution in [3.8, 4) is 0 Å². The van der Waals surface area contributed by atoms with Gasteiger partial charge in [-0.3, -0.25) is 4.68 Å². The smallest absolute Gasteiger partial charge is 0.0815 e. The predicted molar refractivity (Wildman–Crippen MR) is 86.7 cm³/mol. The van der Waals surface area contributed by atoms with Crippen LogP contribution in [0.25, 0.3) is 0 Å². The van der Waals surface area contributed by atoms with E-state index in [1.165, 1.54) is 15.3 Å². The van der Waals surface area contributed by atoms with Gasteiger partial charge in [0.1, 0.15) is 0 Å². The molecule has 2 rings (SSSR count). The van der Waals surface area contributed by atoms with Crippen LogP contribution < -0.4 is 5.32 Å². The number of aromatic nitrogens is 2. The maximum atomic E-state index is 6.05. The largest absolute Gasteiger partial charge is 0.307 e.